The summed E-state index contributed by atoms with van der Waals surface area (Å²) in [5, 5.41) is 0.711. The molecule has 4 rings (SSSR count). The third kappa shape index (κ3) is 2.82. The van der Waals surface area contributed by atoms with Crippen LogP contribution in [0.5, 0.6) is 0 Å². The predicted molar refractivity (Wildman–Crippen MR) is 97.7 cm³/mol. The van der Waals surface area contributed by atoms with E-state index < -0.39 is 0 Å². The Bertz CT molecular complexity index is 888. The van der Waals surface area contributed by atoms with Crippen LogP contribution in [0.15, 0.2) is 79.1 Å². The van der Waals surface area contributed by atoms with Gasteiger partial charge in [0.2, 0.25) is 0 Å². The number of hydrogen-bond donors (Lipinski definition) is 1. The zero-order valence-corrected chi connectivity index (χ0v) is 13.5. The fourth-order valence-corrected chi connectivity index (χ4v) is 2.78. The lowest BCUT2D eigenvalue weighted by Gasteiger charge is -2.02. The third-order valence-electron chi connectivity index (χ3n) is 3.84. The second-order valence-electron chi connectivity index (χ2n) is 5.42. The van der Waals surface area contributed by atoms with E-state index in [4.69, 9.17) is 16.6 Å². The Labute approximate surface area is 145 Å². The van der Waals surface area contributed by atoms with Crippen LogP contribution in [0.1, 0.15) is 0 Å². The van der Waals surface area contributed by atoms with Crippen molar-refractivity contribution in [2.24, 2.45) is 0 Å². The monoisotopic (exact) mass is 331 g/mol. The van der Waals surface area contributed by atoms with Crippen molar-refractivity contribution in [3.8, 4) is 33.9 Å². The van der Waals surface area contributed by atoms with Crippen LogP contribution >= 0.6 is 11.6 Å². The standard InChI is InChI=1S/C20H14ClN3/c21-17-8-6-16(7-9-17)20-23-18(14-4-2-1-3-5-14)19(24-20)15-10-12-22-13-11-15/h1-13H,(H,23,24). The van der Waals surface area contributed by atoms with E-state index in [2.05, 4.69) is 22.1 Å². The lowest BCUT2D eigenvalue weighted by Crippen LogP contribution is -1.83. The first-order valence-electron chi connectivity index (χ1n) is 7.63. The summed E-state index contributed by atoms with van der Waals surface area (Å²) in [6, 6.07) is 21.8. The molecule has 0 bridgehead atoms. The number of nitrogens with one attached hydrogen (secondary N) is 1. The SMILES string of the molecule is Clc1ccc(-c2nc(-c3ccncc3)c(-c3ccccc3)[nH]2)cc1. The number of halogens is 1. The van der Waals surface area contributed by atoms with Crippen molar-refractivity contribution in [1.29, 1.82) is 0 Å². The number of aromatic amines is 1. The highest BCUT2D eigenvalue weighted by molar-refractivity contribution is 6.30. The molecule has 0 spiro atoms. The van der Waals surface area contributed by atoms with E-state index in [9.17, 15) is 0 Å². The molecule has 0 radical (unpaired) electrons. The molecule has 4 aromatic rings. The lowest BCUT2D eigenvalue weighted by atomic mass is 10.1. The number of aromatic nitrogens is 3. The first-order chi connectivity index (χ1) is 11.8. The Morgan fingerprint density at radius 1 is 0.708 bits per heavy atom. The van der Waals surface area contributed by atoms with E-state index in [0.29, 0.717) is 5.02 Å². The number of nitrogens with zero attached hydrogens (tertiary/aromatic N) is 2. The molecule has 1 N–H and O–H groups in total. The van der Waals surface area contributed by atoms with Crippen molar-refractivity contribution >= 4 is 11.6 Å². The molecule has 0 fully saturated rings. The molecule has 2 aromatic carbocycles. The van der Waals surface area contributed by atoms with Gasteiger partial charge in [-0.3, -0.25) is 4.98 Å². The van der Waals surface area contributed by atoms with Crippen molar-refractivity contribution in [1.82, 2.24) is 15.0 Å². The van der Waals surface area contributed by atoms with E-state index in [1.54, 1.807) is 12.4 Å². The normalized spacial score (nSPS) is 10.7. The minimum Gasteiger partial charge on any atom is -0.337 e. The summed E-state index contributed by atoms with van der Waals surface area (Å²) in [7, 11) is 0. The molecular formula is C20H14ClN3. The van der Waals surface area contributed by atoms with Crippen LogP contribution in [0, 0.1) is 0 Å². The summed E-state index contributed by atoms with van der Waals surface area (Å²) >= 11 is 5.99. The highest BCUT2D eigenvalue weighted by Crippen LogP contribution is 2.32. The van der Waals surface area contributed by atoms with Crippen LogP contribution in [0.4, 0.5) is 0 Å². The number of benzene rings is 2. The van der Waals surface area contributed by atoms with E-state index in [0.717, 1.165) is 33.9 Å². The molecular weight excluding hydrogens is 318 g/mol. The summed E-state index contributed by atoms with van der Waals surface area (Å²) < 4.78 is 0. The quantitative estimate of drug-likeness (QED) is 0.541. The Kier molecular flexibility index (Phi) is 3.85. The van der Waals surface area contributed by atoms with Crippen LogP contribution in [-0.2, 0) is 0 Å². The van der Waals surface area contributed by atoms with Crippen LogP contribution in [0.3, 0.4) is 0 Å². The van der Waals surface area contributed by atoms with E-state index in [1.807, 2.05) is 54.6 Å². The molecule has 0 atom stereocenters. The molecule has 0 aliphatic heterocycles. The van der Waals surface area contributed by atoms with Gasteiger partial charge in [-0.25, -0.2) is 4.98 Å². The number of hydrogen-bond acceptors (Lipinski definition) is 2. The average molecular weight is 332 g/mol. The van der Waals surface area contributed by atoms with Crippen LogP contribution < -0.4 is 0 Å². The van der Waals surface area contributed by atoms with E-state index in [1.165, 1.54) is 0 Å². The fraction of sp³-hybridized carbons (Fsp3) is 0. The van der Waals surface area contributed by atoms with Gasteiger partial charge in [0, 0.05) is 34.1 Å². The molecule has 0 aliphatic rings. The largest absolute Gasteiger partial charge is 0.337 e. The molecule has 0 aliphatic carbocycles. The summed E-state index contributed by atoms with van der Waals surface area (Å²) in [4.78, 5) is 12.4. The maximum absolute atomic E-state index is 5.99. The molecule has 0 amide bonds. The minimum absolute atomic E-state index is 0.711. The molecule has 4 heteroatoms. The van der Waals surface area contributed by atoms with Gasteiger partial charge in [-0.1, -0.05) is 41.9 Å². The van der Waals surface area contributed by atoms with Crippen LogP contribution in [-0.4, -0.2) is 15.0 Å². The molecule has 0 unspecified atom stereocenters. The van der Waals surface area contributed by atoms with Crippen molar-refractivity contribution in [2.75, 3.05) is 0 Å². The minimum atomic E-state index is 0.711. The van der Waals surface area contributed by atoms with Crippen LogP contribution in [0.2, 0.25) is 5.02 Å². The summed E-state index contributed by atoms with van der Waals surface area (Å²) in [5.41, 5.74) is 5.02. The van der Waals surface area contributed by atoms with E-state index in [-0.39, 0.29) is 0 Å². The first-order valence-corrected chi connectivity index (χ1v) is 8.01. The summed E-state index contributed by atoms with van der Waals surface area (Å²) in [6.45, 7) is 0. The molecule has 2 aromatic heterocycles. The van der Waals surface area contributed by atoms with Gasteiger partial charge in [0.15, 0.2) is 0 Å². The predicted octanol–water partition coefficient (Wildman–Crippen LogP) is 5.46. The lowest BCUT2D eigenvalue weighted by molar-refractivity contribution is 1.30. The van der Waals surface area contributed by atoms with Gasteiger partial charge in [-0.2, -0.15) is 0 Å². The molecule has 3 nitrogen and oxygen atoms in total. The van der Waals surface area contributed by atoms with Gasteiger partial charge in [0.1, 0.15) is 5.82 Å². The highest BCUT2D eigenvalue weighted by Gasteiger charge is 2.14. The van der Waals surface area contributed by atoms with Crippen molar-refractivity contribution in [2.45, 2.75) is 0 Å². The summed E-state index contributed by atoms with van der Waals surface area (Å²) in [5.74, 6) is 0.817. The highest BCUT2D eigenvalue weighted by atomic mass is 35.5. The Morgan fingerprint density at radius 3 is 2.12 bits per heavy atom. The molecule has 0 saturated carbocycles. The maximum atomic E-state index is 5.99. The van der Waals surface area contributed by atoms with Gasteiger partial charge in [-0.05, 0) is 36.4 Å². The Morgan fingerprint density at radius 2 is 1.42 bits per heavy atom. The van der Waals surface area contributed by atoms with Gasteiger partial charge < -0.3 is 4.98 Å². The fourth-order valence-electron chi connectivity index (χ4n) is 2.65. The van der Waals surface area contributed by atoms with Crippen molar-refractivity contribution in [3.05, 3.63) is 84.1 Å². The second kappa shape index (κ2) is 6.30. The van der Waals surface area contributed by atoms with Crippen molar-refractivity contribution < 1.29 is 0 Å². The summed E-state index contributed by atoms with van der Waals surface area (Å²) in [6.07, 6.45) is 3.56. The molecule has 24 heavy (non-hydrogen) atoms. The maximum Gasteiger partial charge on any atom is 0.138 e. The van der Waals surface area contributed by atoms with Gasteiger partial charge in [0.25, 0.3) is 0 Å². The molecule has 116 valence electrons. The number of pyridine rings is 1. The molecule has 0 saturated heterocycles. The van der Waals surface area contributed by atoms with Crippen LogP contribution in [0.25, 0.3) is 33.9 Å². The number of imidazole rings is 1. The first kappa shape index (κ1) is 14.7. The number of H-pyrrole nitrogens is 1. The van der Waals surface area contributed by atoms with Gasteiger partial charge in [-0.15, -0.1) is 0 Å². The van der Waals surface area contributed by atoms with E-state index >= 15 is 0 Å². The number of rotatable bonds is 3. The third-order valence-corrected chi connectivity index (χ3v) is 4.09. The Hall–Kier alpha value is -2.91. The Balaban J connectivity index is 1.89. The topological polar surface area (TPSA) is 41.6 Å². The van der Waals surface area contributed by atoms with Gasteiger partial charge >= 0.3 is 0 Å². The average Bonchev–Trinajstić information content (AvgIpc) is 3.09. The molecule has 2 heterocycles. The van der Waals surface area contributed by atoms with Crippen molar-refractivity contribution in [3.63, 3.8) is 0 Å². The zero-order chi connectivity index (χ0) is 16.4. The second-order valence-corrected chi connectivity index (χ2v) is 5.85. The zero-order valence-electron chi connectivity index (χ0n) is 12.8. The smallest absolute Gasteiger partial charge is 0.138 e. The van der Waals surface area contributed by atoms with Gasteiger partial charge in [0.05, 0.1) is 11.4 Å².